The Bertz CT molecular complexity index is 736. The molecule has 0 atom stereocenters. The van der Waals surface area contributed by atoms with Gasteiger partial charge in [-0.2, -0.15) is 0 Å². The van der Waals surface area contributed by atoms with E-state index in [9.17, 15) is 9.18 Å². The lowest BCUT2D eigenvalue weighted by Crippen LogP contribution is -2.18. The van der Waals surface area contributed by atoms with Gasteiger partial charge in [0.15, 0.2) is 0 Å². The Morgan fingerprint density at radius 2 is 1.83 bits per heavy atom. The first kappa shape index (κ1) is 17.9. The quantitative estimate of drug-likeness (QED) is 0.867. The molecule has 1 heterocycles. The summed E-state index contributed by atoms with van der Waals surface area (Å²) in [5.41, 5.74) is 0.364. The van der Waals surface area contributed by atoms with Crippen LogP contribution < -0.4 is 10.1 Å². The van der Waals surface area contributed by atoms with E-state index < -0.39 is 0 Å². The number of hydrogen-bond acceptors (Lipinski definition) is 3. The SMILES string of the molecule is CC(C)C(=O)Nc1cc(Oc2ccc(C(C)(C)C)c(F)c2)ccn1. The highest BCUT2D eigenvalue weighted by molar-refractivity contribution is 5.91. The number of nitrogens with one attached hydrogen (secondary N) is 1. The van der Waals surface area contributed by atoms with Crippen LogP contribution in [0.2, 0.25) is 0 Å². The molecule has 0 aliphatic heterocycles. The van der Waals surface area contributed by atoms with Gasteiger partial charge in [0.25, 0.3) is 0 Å². The van der Waals surface area contributed by atoms with E-state index in [4.69, 9.17) is 4.74 Å². The molecule has 0 spiro atoms. The molecule has 0 aliphatic rings. The largest absolute Gasteiger partial charge is 0.457 e. The molecule has 1 aromatic carbocycles. The molecular weight excluding hydrogens is 307 g/mol. The van der Waals surface area contributed by atoms with Crippen LogP contribution in [-0.4, -0.2) is 10.9 Å². The van der Waals surface area contributed by atoms with Gasteiger partial charge in [-0.1, -0.05) is 40.7 Å². The molecule has 4 nitrogen and oxygen atoms in total. The van der Waals surface area contributed by atoms with Gasteiger partial charge in [-0.05, 0) is 23.1 Å². The number of carbonyl (C=O) groups excluding carboxylic acids is 1. The van der Waals surface area contributed by atoms with Crippen LogP contribution >= 0.6 is 0 Å². The predicted molar refractivity (Wildman–Crippen MR) is 92.9 cm³/mol. The standard InChI is InChI=1S/C19H23FN2O2/c1-12(2)18(23)22-17-11-14(8-9-21-17)24-13-6-7-15(16(20)10-13)19(3,4)5/h6-12H,1-5H3,(H,21,22,23). The van der Waals surface area contributed by atoms with Gasteiger partial charge in [0, 0.05) is 24.2 Å². The zero-order chi connectivity index (χ0) is 17.9. The van der Waals surface area contributed by atoms with Crippen LogP contribution in [0.15, 0.2) is 36.5 Å². The summed E-state index contributed by atoms with van der Waals surface area (Å²) in [6, 6.07) is 8.09. The number of halogens is 1. The van der Waals surface area contributed by atoms with Crippen molar-refractivity contribution in [1.82, 2.24) is 4.98 Å². The van der Waals surface area contributed by atoms with Crippen LogP contribution in [0.5, 0.6) is 11.5 Å². The van der Waals surface area contributed by atoms with Crippen LogP contribution in [0.25, 0.3) is 0 Å². The second kappa shape index (κ2) is 6.99. The first-order valence-corrected chi connectivity index (χ1v) is 7.91. The summed E-state index contributed by atoms with van der Waals surface area (Å²) >= 11 is 0. The van der Waals surface area contributed by atoms with Gasteiger partial charge in [0.1, 0.15) is 23.1 Å². The molecule has 1 amide bonds. The summed E-state index contributed by atoms with van der Waals surface area (Å²) in [7, 11) is 0. The Balaban J connectivity index is 2.17. The first-order chi connectivity index (χ1) is 11.2. The predicted octanol–water partition coefficient (Wildman–Crippen LogP) is 4.91. The second-order valence-corrected chi connectivity index (χ2v) is 7.01. The number of ether oxygens (including phenoxy) is 1. The third kappa shape index (κ3) is 4.54. The van der Waals surface area contributed by atoms with Crippen LogP contribution in [0.3, 0.4) is 0 Å². The van der Waals surface area contributed by atoms with Gasteiger partial charge in [0.2, 0.25) is 5.91 Å². The average molecular weight is 330 g/mol. The van der Waals surface area contributed by atoms with Crippen molar-refractivity contribution >= 4 is 11.7 Å². The third-order valence-corrected chi connectivity index (χ3v) is 3.49. The molecule has 0 radical (unpaired) electrons. The maximum Gasteiger partial charge on any atom is 0.228 e. The maximum atomic E-state index is 14.2. The smallest absolute Gasteiger partial charge is 0.228 e. The minimum atomic E-state index is -0.303. The van der Waals surface area contributed by atoms with E-state index in [-0.39, 0.29) is 23.1 Å². The van der Waals surface area contributed by atoms with Crippen LogP contribution in [0.4, 0.5) is 10.2 Å². The van der Waals surface area contributed by atoms with E-state index in [0.29, 0.717) is 22.9 Å². The fourth-order valence-electron chi connectivity index (χ4n) is 2.12. The van der Waals surface area contributed by atoms with Gasteiger partial charge in [-0.3, -0.25) is 4.79 Å². The highest BCUT2D eigenvalue weighted by Crippen LogP contribution is 2.30. The molecule has 2 rings (SSSR count). The molecule has 0 aliphatic carbocycles. The highest BCUT2D eigenvalue weighted by Gasteiger charge is 2.18. The number of aromatic nitrogens is 1. The molecule has 0 fully saturated rings. The van der Waals surface area contributed by atoms with Crippen LogP contribution in [0.1, 0.15) is 40.2 Å². The lowest BCUT2D eigenvalue weighted by Gasteiger charge is -2.20. The van der Waals surface area contributed by atoms with E-state index >= 15 is 0 Å². The zero-order valence-electron chi connectivity index (χ0n) is 14.7. The van der Waals surface area contributed by atoms with Crippen LogP contribution in [0, 0.1) is 11.7 Å². The number of carbonyl (C=O) groups is 1. The molecule has 0 saturated heterocycles. The molecule has 0 unspecified atom stereocenters. The molecule has 0 bridgehead atoms. The molecule has 128 valence electrons. The van der Waals surface area contributed by atoms with E-state index in [1.165, 1.54) is 12.3 Å². The molecule has 1 N–H and O–H groups in total. The molecular formula is C19H23FN2O2. The summed E-state index contributed by atoms with van der Waals surface area (Å²) in [6.45, 7) is 9.47. The lowest BCUT2D eigenvalue weighted by atomic mass is 9.87. The summed E-state index contributed by atoms with van der Waals surface area (Å²) < 4.78 is 19.9. The van der Waals surface area contributed by atoms with Crippen molar-refractivity contribution in [3.05, 3.63) is 47.9 Å². The number of amides is 1. The second-order valence-electron chi connectivity index (χ2n) is 7.01. The number of anilines is 1. The van der Waals surface area contributed by atoms with Crippen molar-refractivity contribution in [2.24, 2.45) is 5.92 Å². The molecule has 5 heteroatoms. The van der Waals surface area contributed by atoms with Gasteiger partial charge in [0.05, 0.1) is 0 Å². The average Bonchev–Trinajstić information content (AvgIpc) is 2.46. The van der Waals surface area contributed by atoms with Crippen molar-refractivity contribution in [3.63, 3.8) is 0 Å². The number of rotatable bonds is 4. The highest BCUT2D eigenvalue weighted by atomic mass is 19.1. The first-order valence-electron chi connectivity index (χ1n) is 7.91. The van der Waals surface area contributed by atoms with Crippen LogP contribution in [-0.2, 0) is 10.2 Å². The normalized spacial score (nSPS) is 11.5. The van der Waals surface area contributed by atoms with Crippen molar-refractivity contribution in [3.8, 4) is 11.5 Å². The lowest BCUT2D eigenvalue weighted by molar-refractivity contribution is -0.118. The van der Waals surface area contributed by atoms with E-state index in [0.717, 1.165) is 0 Å². The summed E-state index contributed by atoms with van der Waals surface area (Å²) in [5, 5.41) is 2.70. The van der Waals surface area contributed by atoms with Crippen molar-refractivity contribution in [1.29, 1.82) is 0 Å². The Hall–Kier alpha value is -2.43. The van der Waals surface area contributed by atoms with E-state index in [1.807, 2.05) is 20.8 Å². The van der Waals surface area contributed by atoms with Gasteiger partial charge < -0.3 is 10.1 Å². The maximum absolute atomic E-state index is 14.2. The Labute approximate surface area is 142 Å². The minimum Gasteiger partial charge on any atom is -0.457 e. The Morgan fingerprint density at radius 3 is 2.42 bits per heavy atom. The fourth-order valence-corrected chi connectivity index (χ4v) is 2.12. The Kier molecular flexibility index (Phi) is 5.22. The summed E-state index contributed by atoms with van der Waals surface area (Å²) in [6.07, 6.45) is 1.53. The van der Waals surface area contributed by atoms with Crippen molar-refractivity contribution < 1.29 is 13.9 Å². The number of pyridine rings is 1. The number of benzene rings is 1. The van der Waals surface area contributed by atoms with E-state index in [2.05, 4.69) is 10.3 Å². The Morgan fingerprint density at radius 1 is 1.17 bits per heavy atom. The molecule has 1 aromatic heterocycles. The topological polar surface area (TPSA) is 51.2 Å². The summed E-state index contributed by atoms with van der Waals surface area (Å²) in [5.74, 6) is 0.704. The molecule has 24 heavy (non-hydrogen) atoms. The van der Waals surface area contributed by atoms with Gasteiger partial charge in [-0.15, -0.1) is 0 Å². The van der Waals surface area contributed by atoms with Gasteiger partial charge in [-0.25, -0.2) is 9.37 Å². The fraction of sp³-hybridized carbons (Fsp3) is 0.368. The molecule has 2 aromatic rings. The number of nitrogens with zero attached hydrogens (tertiary/aromatic N) is 1. The molecule has 0 saturated carbocycles. The monoisotopic (exact) mass is 330 g/mol. The van der Waals surface area contributed by atoms with Gasteiger partial charge >= 0.3 is 0 Å². The van der Waals surface area contributed by atoms with Crippen molar-refractivity contribution in [2.45, 2.75) is 40.0 Å². The van der Waals surface area contributed by atoms with E-state index in [1.54, 1.807) is 38.1 Å². The summed E-state index contributed by atoms with van der Waals surface area (Å²) in [4.78, 5) is 15.8. The minimum absolute atomic E-state index is 0.125. The zero-order valence-corrected chi connectivity index (χ0v) is 14.7. The number of hydrogen-bond donors (Lipinski definition) is 1. The third-order valence-electron chi connectivity index (χ3n) is 3.49. The van der Waals surface area contributed by atoms with Crippen molar-refractivity contribution in [2.75, 3.05) is 5.32 Å².